The number of rotatable bonds is 3. The zero-order chi connectivity index (χ0) is 20.4. The lowest BCUT2D eigenvalue weighted by molar-refractivity contribution is -0.156. The van der Waals surface area contributed by atoms with Crippen LogP contribution in [0.25, 0.3) is 0 Å². The number of aromatic nitrogens is 2. The predicted octanol–water partition coefficient (Wildman–Crippen LogP) is 0.701. The monoisotopic (exact) mass is 397 g/mol. The van der Waals surface area contributed by atoms with Gasteiger partial charge < -0.3 is 14.7 Å². The van der Waals surface area contributed by atoms with E-state index in [-0.39, 0.29) is 49.0 Å². The summed E-state index contributed by atoms with van der Waals surface area (Å²) < 4.78 is 13.4. The van der Waals surface area contributed by atoms with Gasteiger partial charge in [0.2, 0.25) is 17.6 Å². The zero-order valence-corrected chi connectivity index (χ0v) is 15.7. The van der Waals surface area contributed by atoms with Crippen molar-refractivity contribution in [3.05, 3.63) is 59.9 Å². The minimum atomic E-state index is -0.626. The van der Waals surface area contributed by atoms with E-state index in [9.17, 15) is 18.8 Å². The third kappa shape index (κ3) is 3.94. The van der Waals surface area contributed by atoms with Gasteiger partial charge in [-0.15, -0.1) is 0 Å². The summed E-state index contributed by atoms with van der Waals surface area (Å²) >= 11 is 0. The highest BCUT2D eigenvalue weighted by Gasteiger charge is 2.41. The molecular formula is C20H20FN5O3. The number of fused-ring (bicyclic) bond motifs is 1. The second-order valence-electron chi connectivity index (χ2n) is 7.08. The van der Waals surface area contributed by atoms with E-state index in [1.54, 1.807) is 28.0 Å². The molecule has 29 heavy (non-hydrogen) atoms. The molecule has 2 saturated heterocycles. The molecule has 2 fully saturated rings. The van der Waals surface area contributed by atoms with Crippen LogP contribution in [0.3, 0.4) is 0 Å². The first kappa shape index (κ1) is 19.0. The van der Waals surface area contributed by atoms with Crippen molar-refractivity contribution >= 4 is 17.7 Å². The van der Waals surface area contributed by atoms with Crippen molar-refractivity contribution in [2.24, 2.45) is 0 Å². The Balaban J connectivity index is 1.48. The van der Waals surface area contributed by atoms with Gasteiger partial charge in [-0.25, -0.2) is 14.4 Å². The number of piperazine rings is 1. The third-order valence-electron chi connectivity index (χ3n) is 5.21. The highest BCUT2D eigenvalue weighted by atomic mass is 19.1. The maximum atomic E-state index is 13.4. The quantitative estimate of drug-likeness (QED) is 0.761. The van der Waals surface area contributed by atoms with Gasteiger partial charge >= 0.3 is 0 Å². The molecule has 4 rings (SSSR count). The summed E-state index contributed by atoms with van der Waals surface area (Å²) in [7, 11) is 0. The van der Waals surface area contributed by atoms with Crippen molar-refractivity contribution in [3.8, 4) is 0 Å². The lowest BCUT2D eigenvalue weighted by Gasteiger charge is -2.39. The molecule has 0 aliphatic carbocycles. The largest absolute Gasteiger partial charge is 0.334 e. The Kier molecular flexibility index (Phi) is 5.20. The second-order valence-corrected chi connectivity index (χ2v) is 7.08. The number of hydrogen-bond acceptors (Lipinski definition) is 5. The fourth-order valence-corrected chi connectivity index (χ4v) is 3.77. The highest BCUT2D eigenvalue weighted by molar-refractivity contribution is 5.95. The standard InChI is InChI=1S/C20H20FN5O3/c21-15-4-1-3-14(11-15)12-25-13-17(27)26-10-9-24(8-5-16(26)19(25)28)20(29)18-22-6-2-7-23-18/h1-4,6-7,11,16H,5,8-10,12-13H2. The number of halogens is 1. The van der Waals surface area contributed by atoms with Gasteiger partial charge in [0.25, 0.3) is 5.91 Å². The van der Waals surface area contributed by atoms with Crippen LogP contribution < -0.4 is 0 Å². The van der Waals surface area contributed by atoms with Crippen LogP contribution in [0.4, 0.5) is 4.39 Å². The number of carbonyl (C=O) groups is 3. The van der Waals surface area contributed by atoms with E-state index in [2.05, 4.69) is 9.97 Å². The molecule has 0 spiro atoms. The first-order chi connectivity index (χ1) is 14.0. The van der Waals surface area contributed by atoms with Gasteiger partial charge in [0.15, 0.2) is 0 Å². The average molecular weight is 397 g/mol. The molecule has 1 aromatic carbocycles. The Morgan fingerprint density at radius 3 is 2.66 bits per heavy atom. The molecule has 1 atom stereocenters. The molecule has 3 heterocycles. The molecule has 3 amide bonds. The van der Waals surface area contributed by atoms with Gasteiger partial charge in [-0.05, 0) is 30.2 Å². The van der Waals surface area contributed by atoms with Gasteiger partial charge in [-0.2, -0.15) is 0 Å². The molecule has 0 N–H and O–H groups in total. The van der Waals surface area contributed by atoms with Gasteiger partial charge in [-0.1, -0.05) is 12.1 Å². The van der Waals surface area contributed by atoms with Gasteiger partial charge in [0.05, 0.1) is 0 Å². The van der Waals surface area contributed by atoms with E-state index >= 15 is 0 Å². The number of amides is 3. The molecule has 2 aliphatic heterocycles. The second kappa shape index (κ2) is 7.94. The van der Waals surface area contributed by atoms with Crippen molar-refractivity contribution in [1.29, 1.82) is 0 Å². The van der Waals surface area contributed by atoms with Crippen LogP contribution in [0.1, 0.15) is 22.6 Å². The molecule has 150 valence electrons. The van der Waals surface area contributed by atoms with Crippen molar-refractivity contribution in [2.45, 2.75) is 19.0 Å². The van der Waals surface area contributed by atoms with Gasteiger partial charge in [-0.3, -0.25) is 14.4 Å². The fraction of sp³-hybridized carbons (Fsp3) is 0.350. The molecular weight excluding hydrogens is 377 g/mol. The number of carbonyl (C=O) groups excluding carboxylic acids is 3. The summed E-state index contributed by atoms with van der Waals surface area (Å²) in [5, 5.41) is 0. The Hall–Kier alpha value is -3.36. The van der Waals surface area contributed by atoms with Crippen molar-refractivity contribution in [1.82, 2.24) is 24.7 Å². The van der Waals surface area contributed by atoms with Crippen LogP contribution in [0.5, 0.6) is 0 Å². The average Bonchev–Trinajstić information content (AvgIpc) is 2.96. The first-order valence-corrected chi connectivity index (χ1v) is 9.42. The van der Waals surface area contributed by atoms with E-state index in [1.807, 2.05) is 0 Å². The van der Waals surface area contributed by atoms with Crippen LogP contribution in [0.15, 0.2) is 42.7 Å². The summed E-state index contributed by atoms with van der Waals surface area (Å²) in [6.45, 7) is 1.04. The molecule has 1 unspecified atom stereocenters. The molecule has 8 nitrogen and oxygen atoms in total. The molecule has 2 aliphatic rings. The minimum absolute atomic E-state index is 0.0540. The van der Waals surface area contributed by atoms with E-state index in [0.29, 0.717) is 25.1 Å². The van der Waals surface area contributed by atoms with Crippen LogP contribution in [0.2, 0.25) is 0 Å². The summed E-state index contributed by atoms with van der Waals surface area (Å²) in [4.78, 5) is 50.8. The zero-order valence-electron chi connectivity index (χ0n) is 15.7. The van der Waals surface area contributed by atoms with Gasteiger partial charge in [0.1, 0.15) is 18.4 Å². The molecule has 0 saturated carbocycles. The number of benzene rings is 1. The lowest BCUT2D eigenvalue weighted by Crippen LogP contribution is -2.59. The minimum Gasteiger partial charge on any atom is -0.334 e. The summed E-state index contributed by atoms with van der Waals surface area (Å²) in [6.07, 6.45) is 3.33. The fourth-order valence-electron chi connectivity index (χ4n) is 3.77. The maximum Gasteiger partial charge on any atom is 0.291 e. The third-order valence-corrected chi connectivity index (χ3v) is 5.21. The first-order valence-electron chi connectivity index (χ1n) is 9.42. The van der Waals surface area contributed by atoms with Crippen molar-refractivity contribution in [2.75, 3.05) is 26.2 Å². The predicted molar refractivity (Wildman–Crippen MR) is 99.9 cm³/mol. The van der Waals surface area contributed by atoms with Crippen LogP contribution >= 0.6 is 0 Å². The molecule has 0 radical (unpaired) electrons. The van der Waals surface area contributed by atoms with Crippen LogP contribution in [0, 0.1) is 5.82 Å². The van der Waals surface area contributed by atoms with Crippen LogP contribution in [-0.2, 0) is 16.1 Å². The summed E-state index contributed by atoms with van der Waals surface area (Å²) in [6, 6.07) is 7.00. The Morgan fingerprint density at radius 1 is 1.10 bits per heavy atom. The molecule has 0 bridgehead atoms. The Labute approximate surface area is 166 Å². The Bertz CT molecular complexity index is 939. The SMILES string of the molecule is O=C(c1ncccn1)N1CCC2C(=O)N(Cc3cccc(F)c3)CC(=O)N2CC1. The normalized spacial score (nSPS) is 19.8. The van der Waals surface area contributed by atoms with Gasteiger partial charge in [0, 0.05) is 38.6 Å². The number of nitrogens with zero attached hydrogens (tertiary/aromatic N) is 5. The molecule has 2 aromatic rings. The van der Waals surface area contributed by atoms with E-state index in [0.717, 1.165) is 0 Å². The van der Waals surface area contributed by atoms with Crippen molar-refractivity contribution in [3.63, 3.8) is 0 Å². The van der Waals surface area contributed by atoms with E-state index < -0.39 is 6.04 Å². The highest BCUT2D eigenvalue weighted by Crippen LogP contribution is 2.21. The Morgan fingerprint density at radius 2 is 1.90 bits per heavy atom. The molecule has 9 heteroatoms. The van der Waals surface area contributed by atoms with E-state index in [4.69, 9.17) is 0 Å². The summed E-state index contributed by atoms with van der Waals surface area (Å²) in [5.74, 6) is -0.957. The maximum absolute atomic E-state index is 13.4. The number of hydrogen-bond donors (Lipinski definition) is 0. The topological polar surface area (TPSA) is 86.7 Å². The lowest BCUT2D eigenvalue weighted by atomic mass is 10.1. The smallest absolute Gasteiger partial charge is 0.291 e. The summed E-state index contributed by atoms with van der Waals surface area (Å²) in [5.41, 5.74) is 0.631. The van der Waals surface area contributed by atoms with Crippen molar-refractivity contribution < 1.29 is 18.8 Å². The van der Waals surface area contributed by atoms with Crippen LogP contribution in [-0.4, -0.2) is 74.6 Å². The molecule has 1 aromatic heterocycles. The van der Waals surface area contributed by atoms with E-state index in [1.165, 1.54) is 29.4 Å².